The van der Waals surface area contributed by atoms with Crippen molar-refractivity contribution in [2.75, 3.05) is 13.2 Å². The van der Waals surface area contributed by atoms with E-state index in [1.54, 1.807) is 18.2 Å². The van der Waals surface area contributed by atoms with Crippen LogP contribution in [-0.2, 0) is 15.9 Å². The minimum atomic E-state index is -1.51. The van der Waals surface area contributed by atoms with Gasteiger partial charge in [0.25, 0.3) is 0 Å². The molecule has 1 saturated heterocycles. The Morgan fingerprint density at radius 3 is 2.36 bits per heavy atom. The lowest BCUT2D eigenvalue weighted by Gasteiger charge is -2.23. The highest BCUT2D eigenvalue weighted by Crippen LogP contribution is 2.31. The van der Waals surface area contributed by atoms with Crippen molar-refractivity contribution in [2.24, 2.45) is 0 Å². The van der Waals surface area contributed by atoms with Gasteiger partial charge in [-0.05, 0) is 41.9 Å². The molecule has 0 amide bonds. The molecule has 1 fully saturated rings. The number of fused-ring (bicyclic) bond motifs is 3. The van der Waals surface area contributed by atoms with Crippen molar-refractivity contribution in [1.29, 1.82) is 0 Å². The van der Waals surface area contributed by atoms with Crippen LogP contribution in [0.1, 0.15) is 36.5 Å². The molecule has 1 aliphatic rings. The van der Waals surface area contributed by atoms with Crippen molar-refractivity contribution in [1.82, 2.24) is 4.98 Å². The van der Waals surface area contributed by atoms with E-state index in [1.165, 1.54) is 0 Å². The zero-order valence-electron chi connectivity index (χ0n) is 18.8. The molecule has 0 spiro atoms. The van der Waals surface area contributed by atoms with Crippen molar-refractivity contribution in [3.8, 4) is 0 Å². The second kappa shape index (κ2) is 10.7. The van der Waals surface area contributed by atoms with Crippen molar-refractivity contribution in [3.63, 3.8) is 0 Å². The van der Waals surface area contributed by atoms with Crippen LogP contribution >= 0.6 is 0 Å². The third-order valence-electron chi connectivity index (χ3n) is 5.59. The monoisotopic (exact) mass is 441 g/mol. The van der Waals surface area contributed by atoms with Gasteiger partial charge in [-0.15, -0.1) is 6.58 Å². The van der Waals surface area contributed by atoms with Crippen LogP contribution in [0, 0.1) is 0 Å². The van der Waals surface area contributed by atoms with Crippen LogP contribution in [0.5, 0.6) is 0 Å². The number of ether oxygens (including phenoxy) is 2. The summed E-state index contributed by atoms with van der Waals surface area (Å²) in [6, 6.07) is 21.7. The molecule has 33 heavy (non-hydrogen) atoms. The van der Waals surface area contributed by atoms with E-state index >= 15 is 0 Å². The molecule has 0 saturated carbocycles. The molecule has 2 N–H and O–H groups in total. The predicted octanol–water partition coefficient (Wildman–Crippen LogP) is 4.29. The van der Waals surface area contributed by atoms with Crippen molar-refractivity contribution >= 4 is 34.3 Å². The zero-order valence-corrected chi connectivity index (χ0v) is 18.8. The highest BCUT2D eigenvalue weighted by atomic mass is 16.7. The Morgan fingerprint density at radius 2 is 1.64 bits per heavy atom. The quantitative estimate of drug-likeness (QED) is 0.281. The van der Waals surface area contributed by atoms with Crippen LogP contribution in [0.2, 0.25) is 0 Å². The molecule has 6 heteroatoms. The smallest absolute Gasteiger partial charge is 0.423 e. The minimum Gasteiger partial charge on any atom is -0.423 e. The standard InChI is InChI=1S/C24H22BNO4.C3H6/c27-25(28)21-9-4-1-6-16(21)15-23-19-8-3-2-7-18(19)20-14-17(10-11-22(20)26-23)24-29-12-5-13-30-24;1-3-2/h1-4,6-11,14,24,27-28H,5,12-13,15H2;3H,1H2,2H3. The molecular formula is C27H28BNO4. The Hall–Kier alpha value is -3.03. The Bertz CT molecular complexity index is 1250. The summed E-state index contributed by atoms with van der Waals surface area (Å²) in [6.07, 6.45) is 2.85. The molecule has 0 aliphatic carbocycles. The van der Waals surface area contributed by atoms with E-state index in [4.69, 9.17) is 14.5 Å². The molecule has 1 aromatic heterocycles. The Kier molecular flexibility index (Phi) is 7.52. The predicted molar refractivity (Wildman–Crippen MR) is 133 cm³/mol. The zero-order chi connectivity index (χ0) is 23.2. The van der Waals surface area contributed by atoms with Crippen molar-refractivity contribution in [3.05, 3.63) is 96.2 Å². The number of benzene rings is 3. The average Bonchev–Trinajstić information content (AvgIpc) is 2.85. The maximum absolute atomic E-state index is 9.73. The molecule has 4 aromatic rings. The topological polar surface area (TPSA) is 71.8 Å². The lowest BCUT2D eigenvalue weighted by molar-refractivity contribution is -0.182. The van der Waals surface area contributed by atoms with Gasteiger partial charge in [0, 0.05) is 22.8 Å². The van der Waals surface area contributed by atoms with Crippen LogP contribution < -0.4 is 5.46 Å². The first-order valence-electron chi connectivity index (χ1n) is 11.2. The maximum Gasteiger partial charge on any atom is 0.488 e. The second-order valence-electron chi connectivity index (χ2n) is 7.97. The van der Waals surface area contributed by atoms with Crippen LogP contribution in [0.4, 0.5) is 0 Å². The SMILES string of the molecule is C=CC.OB(O)c1ccccc1Cc1nc2ccc(C3OCCCO3)cc2c2ccccc12. The number of nitrogens with zero attached hydrogens (tertiary/aromatic N) is 1. The van der Waals surface area contributed by atoms with Gasteiger partial charge in [0.05, 0.1) is 24.4 Å². The van der Waals surface area contributed by atoms with Crippen LogP contribution in [0.3, 0.4) is 0 Å². The Morgan fingerprint density at radius 1 is 0.970 bits per heavy atom. The molecule has 0 atom stereocenters. The lowest BCUT2D eigenvalue weighted by Crippen LogP contribution is -2.33. The van der Waals surface area contributed by atoms with Gasteiger partial charge >= 0.3 is 7.12 Å². The van der Waals surface area contributed by atoms with Gasteiger partial charge in [-0.2, -0.15) is 0 Å². The number of hydrogen-bond acceptors (Lipinski definition) is 5. The molecule has 0 radical (unpaired) electrons. The van der Waals surface area contributed by atoms with E-state index in [0.29, 0.717) is 25.1 Å². The number of rotatable bonds is 4. The fraction of sp³-hybridized carbons (Fsp3) is 0.222. The lowest BCUT2D eigenvalue weighted by atomic mass is 9.76. The summed E-state index contributed by atoms with van der Waals surface area (Å²) in [4.78, 5) is 4.94. The van der Waals surface area contributed by atoms with E-state index in [-0.39, 0.29) is 6.29 Å². The average molecular weight is 441 g/mol. The Balaban J connectivity index is 0.000000821. The van der Waals surface area contributed by atoms with Gasteiger partial charge in [-0.3, -0.25) is 4.98 Å². The van der Waals surface area contributed by atoms with E-state index in [1.807, 2.05) is 43.3 Å². The van der Waals surface area contributed by atoms with Crippen molar-refractivity contribution in [2.45, 2.75) is 26.1 Å². The van der Waals surface area contributed by atoms with Crippen LogP contribution in [0.25, 0.3) is 21.7 Å². The highest BCUT2D eigenvalue weighted by molar-refractivity contribution is 6.59. The van der Waals surface area contributed by atoms with Gasteiger partial charge in [0.15, 0.2) is 6.29 Å². The molecule has 168 valence electrons. The fourth-order valence-electron chi connectivity index (χ4n) is 4.13. The summed E-state index contributed by atoms with van der Waals surface area (Å²) in [5.74, 6) is 0. The van der Waals surface area contributed by atoms with E-state index in [9.17, 15) is 10.0 Å². The first kappa shape index (κ1) is 23.1. The summed E-state index contributed by atoms with van der Waals surface area (Å²) < 4.78 is 11.5. The molecule has 5 nitrogen and oxygen atoms in total. The first-order chi connectivity index (χ1) is 16.1. The third kappa shape index (κ3) is 5.15. The van der Waals surface area contributed by atoms with Gasteiger partial charge in [-0.25, -0.2) is 0 Å². The molecule has 1 aliphatic heterocycles. The maximum atomic E-state index is 9.73. The molecule has 5 rings (SSSR count). The van der Waals surface area contributed by atoms with Gasteiger partial charge in [-0.1, -0.05) is 60.7 Å². The highest BCUT2D eigenvalue weighted by Gasteiger charge is 2.19. The summed E-state index contributed by atoms with van der Waals surface area (Å²) >= 11 is 0. The molecule has 0 bridgehead atoms. The minimum absolute atomic E-state index is 0.334. The number of aromatic nitrogens is 1. The third-order valence-corrected chi connectivity index (χ3v) is 5.59. The normalized spacial score (nSPS) is 14.0. The van der Waals surface area contributed by atoms with Crippen LogP contribution in [0.15, 0.2) is 79.4 Å². The first-order valence-corrected chi connectivity index (χ1v) is 11.2. The summed E-state index contributed by atoms with van der Waals surface area (Å²) in [6.45, 7) is 6.66. The Labute approximate surface area is 194 Å². The van der Waals surface area contributed by atoms with Gasteiger partial charge in [0.1, 0.15) is 0 Å². The second-order valence-corrected chi connectivity index (χ2v) is 7.97. The molecule has 3 aromatic carbocycles. The molecular weight excluding hydrogens is 413 g/mol. The van der Waals surface area contributed by atoms with Gasteiger partial charge in [0.2, 0.25) is 0 Å². The molecule has 2 heterocycles. The summed E-state index contributed by atoms with van der Waals surface area (Å²) in [5, 5.41) is 22.7. The van der Waals surface area contributed by atoms with Gasteiger partial charge < -0.3 is 19.5 Å². The van der Waals surface area contributed by atoms with E-state index < -0.39 is 7.12 Å². The number of allylic oxidation sites excluding steroid dienone is 1. The number of pyridine rings is 1. The number of hydrogen-bond donors (Lipinski definition) is 2. The van der Waals surface area contributed by atoms with E-state index in [2.05, 4.69) is 24.8 Å². The summed E-state index contributed by atoms with van der Waals surface area (Å²) in [5.41, 5.74) is 4.15. The molecule has 0 unspecified atom stereocenters. The van der Waals surface area contributed by atoms with E-state index in [0.717, 1.165) is 44.9 Å². The van der Waals surface area contributed by atoms with Crippen molar-refractivity contribution < 1.29 is 19.5 Å². The summed E-state index contributed by atoms with van der Waals surface area (Å²) in [7, 11) is -1.51. The largest absolute Gasteiger partial charge is 0.488 e. The van der Waals surface area contributed by atoms with Crippen LogP contribution in [-0.4, -0.2) is 35.4 Å². The fourth-order valence-corrected chi connectivity index (χ4v) is 4.13.